The largest absolute Gasteiger partial charge is 0.478 e. The Morgan fingerprint density at radius 3 is 2.53 bits per heavy atom. The lowest BCUT2D eigenvalue weighted by atomic mass is 10.1. The Morgan fingerprint density at radius 1 is 1.00 bits per heavy atom. The van der Waals surface area contributed by atoms with Crippen molar-refractivity contribution in [1.82, 2.24) is 9.55 Å². The highest BCUT2D eigenvalue weighted by atomic mass is 16.4. The summed E-state index contributed by atoms with van der Waals surface area (Å²) in [6.07, 6.45) is 2.77. The molecule has 1 N–H and O–H groups in total. The Morgan fingerprint density at radius 2 is 1.76 bits per heavy atom. The number of nitrogens with zero attached hydrogens (tertiary/aromatic N) is 3. The first-order valence-corrected chi connectivity index (χ1v) is 10.8. The van der Waals surface area contributed by atoms with Crippen LogP contribution >= 0.6 is 0 Å². The third-order valence-electron chi connectivity index (χ3n) is 6.02. The van der Waals surface area contributed by atoms with Gasteiger partial charge in [0.2, 0.25) is 0 Å². The van der Waals surface area contributed by atoms with Crippen LogP contribution in [0.3, 0.4) is 0 Å². The highest BCUT2D eigenvalue weighted by Crippen LogP contribution is 2.28. The summed E-state index contributed by atoms with van der Waals surface area (Å²) in [5.74, 6) is -0.812. The molecule has 2 heterocycles. The number of benzene rings is 3. The number of carboxylic acids is 1. The molecule has 4 aromatic rings. The molecule has 1 amide bonds. The lowest BCUT2D eigenvalue weighted by Gasteiger charge is -2.18. The van der Waals surface area contributed by atoms with Crippen LogP contribution in [-0.2, 0) is 6.54 Å². The number of carboxylic acid groups (broad SMARTS) is 1. The smallest absolute Gasteiger partial charge is 0.335 e. The van der Waals surface area contributed by atoms with E-state index in [0.717, 1.165) is 17.6 Å². The van der Waals surface area contributed by atoms with Crippen molar-refractivity contribution in [3.05, 3.63) is 106 Å². The maximum absolute atomic E-state index is 13.1. The van der Waals surface area contributed by atoms with Gasteiger partial charge in [0, 0.05) is 24.8 Å². The van der Waals surface area contributed by atoms with E-state index in [9.17, 15) is 19.5 Å². The van der Waals surface area contributed by atoms with Crippen LogP contribution in [0.15, 0.2) is 77.6 Å². The molecule has 5 rings (SSSR count). The molecule has 7 nitrogen and oxygen atoms in total. The molecule has 0 bridgehead atoms. The SMILES string of the molecule is CN(C(=O)c1cccc(C(=O)O)c1)c1ccc2c(=O)n3c(nc2c1)C(=Cc1ccccc1)CC3. The number of hydrogen-bond acceptors (Lipinski definition) is 4. The van der Waals surface area contributed by atoms with Crippen LogP contribution in [0.5, 0.6) is 0 Å². The van der Waals surface area contributed by atoms with Crippen LogP contribution in [0, 0.1) is 0 Å². The van der Waals surface area contributed by atoms with Gasteiger partial charge in [-0.25, -0.2) is 9.78 Å². The molecule has 0 unspecified atom stereocenters. The molecule has 1 aromatic heterocycles. The molecule has 0 fully saturated rings. The Kier molecular flexibility index (Phi) is 5.30. The van der Waals surface area contributed by atoms with Crippen molar-refractivity contribution in [3.63, 3.8) is 0 Å². The van der Waals surface area contributed by atoms with E-state index in [4.69, 9.17) is 4.98 Å². The third-order valence-corrected chi connectivity index (χ3v) is 6.02. The molecule has 168 valence electrons. The fourth-order valence-electron chi connectivity index (χ4n) is 4.20. The van der Waals surface area contributed by atoms with Gasteiger partial charge in [0.05, 0.1) is 16.5 Å². The molecule has 1 aliphatic heterocycles. The minimum atomic E-state index is -1.10. The van der Waals surface area contributed by atoms with Crippen LogP contribution in [-0.4, -0.2) is 33.6 Å². The number of aromatic nitrogens is 2. The second-order valence-electron chi connectivity index (χ2n) is 8.17. The van der Waals surface area contributed by atoms with E-state index in [-0.39, 0.29) is 22.6 Å². The summed E-state index contributed by atoms with van der Waals surface area (Å²) < 4.78 is 1.70. The summed E-state index contributed by atoms with van der Waals surface area (Å²) in [4.78, 5) is 43.6. The van der Waals surface area contributed by atoms with Crippen molar-refractivity contribution in [1.29, 1.82) is 0 Å². The van der Waals surface area contributed by atoms with Crippen LogP contribution in [0.4, 0.5) is 5.69 Å². The van der Waals surface area contributed by atoms with Crippen molar-refractivity contribution >= 4 is 40.1 Å². The second kappa shape index (κ2) is 8.44. The van der Waals surface area contributed by atoms with E-state index in [1.54, 1.807) is 35.9 Å². The quantitative estimate of drug-likeness (QED) is 0.499. The number of aromatic carboxylic acids is 1. The minimum absolute atomic E-state index is 0.0424. The van der Waals surface area contributed by atoms with Crippen LogP contribution in [0.1, 0.15) is 38.5 Å². The Bertz CT molecular complexity index is 1540. The van der Waals surface area contributed by atoms with Gasteiger partial charge in [-0.1, -0.05) is 36.4 Å². The summed E-state index contributed by atoms with van der Waals surface area (Å²) in [7, 11) is 1.61. The molecular formula is C27H21N3O4. The van der Waals surface area contributed by atoms with Gasteiger partial charge in [-0.05, 0) is 60.0 Å². The molecule has 0 saturated heterocycles. The zero-order chi connectivity index (χ0) is 23.8. The predicted octanol–water partition coefficient (Wildman–Crippen LogP) is 4.32. The van der Waals surface area contributed by atoms with Crippen LogP contribution < -0.4 is 10.5 Å². The van der Waals surface area contributed by atoms with Gasteiger partial charge in [0.15, 0.2) is 0 Å². The number of carbonyl (C=O) groups is 2. The summed E-state index contributed by atoms with van der Waals surface area (Å²) in [6, 6.07) is 20.9. The first-order valence-electron chi connectivity index (χ1n) is 10.8. The van der Waals surface area contributed by atoms with Gasteiger partial charge >= 0.3 is 5.97 Å². The van der Waals surface area contributed by atoms with Crippen molar-refractivity contribution < 1.29 is 14.7 Å². The number of hydrogen-bond donors (Lipinski definition) is 1. The zero-order valence-electron chi connectivity index (χ0n) is 18.4. The average Bonchev–Trinajstić information content (AvgIpc) is 3.26. The van der Waals surface area contributed by atoms with Gasteiger partial charge in [0.25, 0.3) is 11.5 Å². The molecule has 1 aliphatic rings. The first-order chi connectivity index (χ1) is 16.4. The third kappa shape index (κ3) is 3.77. The zero-order valence-corrected chi connectivity index (χ0v) is 18.4. The van der Waals surface area contributed by atoms with Crippen molar-refractivity contribution in [2.75, 3.05) is 11.9 Å². The number of fused-ring (bicyclic) bond motifs is 2. The molecule has 0 saturated carbocycles. The number of anilines is 1. The molecular weight excluding hydrogens is 430 g/mol. The minimum Gasteiger partial charge on any atom is -0.478 e. The van der Waals surface area contributed by atoms with Gasteiger partial charge in [-0.3, -0.25) is 14.2 Å². The predicted molar refractivity (Wildman–Crippen MR) is 131 cm³/mol. The topological polar surface area (TPSA) is 92.5 Å². The molecule has 0 aliphatic carbocycles. The highest BCUT2D eigenvalue weighted by Gasteiger charge is 2.22. The Balaban J connectivity index is 1.54. The van der Waals surface area contributed by atoms with Crippen LogP contribution in [0.2, 0.25) is 0 Å². The summed E-state index contributed by atoms with van der Waals surface area (Å²) in [5.41, 5.74) is 3.30. The van der Waals surface area contributed by atoms with Crippen molar-refractivity contribution in [3.8, 4) is 0 Å². The van der Waals surface area contributed by atoms with Gasteiger partial charge in [0.1, 0.15) is 5.82 Å². The summed E-state index contributed by atoms with van der Waals surface area (Å²) in [6.45, 7) is 0.579. The summed E-state index contributed by atoms with van der Waals surface area (Å²) >= 11 is 0. The lowest BCUT2D eigenvalue weighted by molar-refractivity contribution is 0.0697. The lowest BCUT2D eigenvalue weighted by Crippen LogP contribution is -2.27. The maximum Gasteiger partial charge on any atom is 0.335 e. The van der Waals surface area contributed by atoms with E-state index < -0.39 is 5.97 Å². The number of rotatable bonds is 4. The second-order valence-corrected chi connectivity index (χ2v) is 8.17. The molecule has 0 radical (unpaired) electrons. The normalized spacial score (nSPS) is 13.7. The van der Waals surface area contributed by atoms with Crippen molar-refractivity contribution in [2.45, 2.75) is 13.0 Å². The maximum atomic E-state index is 13.1. The average molecular weight is 451 g/mol. The monoisotopic (exact) mass is 451 g/mol. The highest BCUT2D eigenvalue weighted by molar-refractivity contribution is 6.07. The number of amides is 1. The van der Waals surface area contributed by atoms with Gasteiger partial charge in [-0.2, -0.15) is 0 Å². The van der Waals surface area contributed by atoms with E-state index in [0.29, 0.717) is 29.0 Å². The Labute approximate surface area is 195 Å². The molecule has 0 spiro atoms. The molecule has 34 heavy (non-hydrogen) atoms. The van der Waals surface area contributed by atoms with Crippen molar-refractivity contribution in [2.24, 2.45) is 0 Å². The van der Waals surface area contributed by atoms with E-state index in [2.05, 4.69) is 0 Å². The molecule has 7 heteroatoms. The van der Waals surface area contributed by atoms with E-state index in [1.807, 2.05) is 36.4 Å². The summed E-state index contributed by atoms with van der Waals surface area (Å²) in [5, 5.41) is 9.70. The van der Waals surface area contributed by atoms with Crippen LogP contribution in [0.25, 0.3) is 22.6 Å². The molecule has 0 atom stereocenters. The first kappa shape index (κ1) is 21.3. The fourth-order valence-corrected chi connectivity index (χ4v) is 4.20. The van der Waals surface area contributed by atoms with E-state index >= 15 is 0 Å². The molecule has 3 aromatic carbocycles. The van der Waals surface area contributed by atoms with Gasteiger partial charge in [-0.15, -0.1) is 0 Å². The fraction of sp³-hybridized carbons (Fsp3) is 0.111. The standard InChI is InChI=1S/C27H21N3O4/c1-29(25(31)19-8-5-9-20(15-19)27(33)34)21-10-11-22-23(16-21)28-24-18(12-13-30(24)26(22)32)14-17-6-3-2-4-7-17/h2-11,14-16H,12-13H2,1H3,(H,33,34). The van der Waals surface area contributed by atoms with E-state index in [1.165, 1.54) is 23.1 Å². The number of allylic oxidation sites excluding steroid dienone is 1. The Hall–Kier alpha value is -4.52. The number of carbonyl (C=O) groups excluding carboxylic acids is 1. The van der Waals surface area contributed by atoms with Gasteiger partial charge < -0.3 is 10.0 Å².